The van der Waals surface area contributed by atoms with Crippen LogP contribution in [-0.2, 0) is 19.5 Å². The zero-order valence-electron chi connectivity index (χ0n) is 18.5. The van der Waals surface area contributed by atoms with Gasteiger partial charge in [0.25, 0.3) is 0 Å². The molecule has 0 aliphatic carbocycles. The van der Waals surface area contributed by atoms with Crippen LogP contribution in [0.15, 0.2) is 53.3 Å². The second-order valence-electron chi connectivity index (χ2n) is 8.34. The van der Waals surface area contributed by atoms with Gasteiger partial charge in [-0.15, -0.1) is 0 Å². The van der Waals surface area contributed by atoms with Gasteiger partial charge >= 0.3 is 11.7 Å². The molecule has 164 valence electrons. The second-order valence-corrected chi connectivity index (χ2v) is 8.34. The predicted octanol–water partition coefficient (Wildman–Crippen LogP) is 4.85. The molecule has 0 aliphatic heterocycles. The van der Waals surface area contributed by atoms with E-state index in [0.717, 1.165) is 42.6 Å². The van der Waals surface area contributed by atoms with Crippen molar-refractivity contribution in [3.8, 4) is 11.1 Å². The maximum Gasteiger partial charge on any atom is 0.346 e. The highest BCUT2D eigenvalue weighted by atomic mass is 16.4. The lowest BCUT2D eigenvalue weighted by atomic mass is 9.99. The number of carboxylic acid groups (broad SMARTS) is 1. The number of carbonyl (C=O) groups is 1. The van der Waals surface area contributed by atoms with Crippen LogP contribution in [0.3, 0.4) is 0 Å². The molecule has 3 rings (SSSR count). The molecule has 3 aromatic rings. The van der Waals surface area contributed by atoms with Crippen molar-refractivity contribution in [1.29, 1.82) is 0 Å². The van der Waals surface area contributed by atoms with E-state index in [1.54, 1.807) is 21.4 Å². The van der Waals surface area contributed by atoms with Crippen LogP contribution < -0.4 is 5.69 Å². The highest BCUT2D eigenvalue weighted by molar-refractivity contribution is 5.95. The molecule has 1 heterocycles. The molecule has 0 unspecified atom stereocenters. The van der Waals surface area contributed by atoms with Crippen LogP contribution in [0.5, 0.6) is 0 Å². The van der Waals surface area contributed by atoms with Crippen LogP contribution >= 0.6 is 0 Å². The molecular weight excluding hydrogens is 390 g/mol. The first-order valence-corrected chi connectivity index (χ1v) is 11.0. The molecule has 0 aliphatic rings. The lowest BCUT2D eigenvalue weighted by Crippen LogP contribution is -2.26. The van der Waals surface area contributed by atoms with Crippen LogP contribution in [0.1, 0.15) is 61.8 Å². The molecule has 0 radical (unpaired) electrons. The minimum Gasteiger partial charge on any atom is -0.478 e. The van der Waals surface area contributed by atoms with Gasteiger partial charge in [-0.2, -0.15) is 5.10 Å². The lowest BCUT2D eigenvalue weighted by molar-refractivity contribution is 0.0697. The molecule has 0 atom stereocenters. The Kier molecular flexibility index (Phi) is 7.45. The number of aryl methyl sites for hydroxylation is 2. The van der Waals surface area contributed by atoms with Crippen molar-refractivity contribution >= 4 is 5.97 Å². The van der Waals surface area contributed by atoms with Crippen LogP contribution in [0.4, 0.5) is 0 Å². The first-order chi connectivity index (χ1) is 14.9. The number of carboxylic acids is 1. The van der Waals surface area contributed by atoms with Crippen molar-refractivity contribution in [3.05, 3.63) is 76.0 Å². The first kappa shape index (κ1) is 22.5. The molecule has 1 aromatic heterocycles. The maximum absolute atomic E-state index is 13.0. The molecule has 0 spiro atoms. The Hall–Kier alpha value is -3.15. The molecule has 1 N–H and O–H groups in total. The lowest BCUT2D eigenvalue weighted by Gasteiger charge is -2.09. The molecule has 6 heteroatoms. The molecule has 2 aromatic carbocycles. The Morgan fingerprint density at radius 3 is 2.45 bits per heavy atom. The molecule has 0 bridgehead atoms. The minimum absolute atomic E-state index is 0.0629. The van der Waals surface area contributed by atoms with Gasteiger partial charge in [0.15, 0.2) is 0 Å². The Labute approximate surface area is 183 Å². The molecule has 0 saturated heterocycles. The van der Waals surface area contributed by atoms with E-state index in [2.05, 4.69) is 25.9 Å². The normalized spacial score (nSPS) is 11.2. The minimum atomic E-state index is -0.944. The van der Waals surface area contributed by atoms with Crippen molar-refractivity contribution in [2.24, 2.45) is 5.92 Å². The van der Waals surface area contributed by atoms with Gasteiger partial charge in [0, 0.05) is 13.0 Å². The Bertz CT molecular complexity index is 1080. The summed E-state index contributed by atoms with van der Waals surface area (Å²) in [4.78, 5) is 24.5. The number of hydrogen-bond acceptors (Lipinski definition) is 3. The van der Waals surface area contributed by atoms with Crippen molar-refractivity contribution in [2.75, 3.05) is 0 Å². The third kappa shape index (κ3) is 5.51. The topological polar surface area (TPSA) is 77.1 Å². The third-order valence-electron chi connectivity index (χ3n) is 5.43. The fourth-order valence-electron chi connectivity index (χ4n) is 3.58. The third-order valence-corrected chi connectivity index (χ3v) is 5.43. The second kappa shape index (κ2) is 10.2. The number of aromatic nitrogens is 3. The number of aromatic carboxylic acids is 1. The molecule has 6 nitrogen and oxygen atoms in total. The van der Waals surface area contributed by atoms with Gasteiger partial charge in [-0.3, -0.25) is 4.57 Å². The zero-order valence-corrected chi connectivity index (χ0v) is 18.5. The highest BCUT2D eigenvalue weighted by Crippen LogP contribution is 2.24. The number of hydrogen-bond donors (Lipinski definition) is 1. The van der Waals surface area contributed by atoms with Gasteiger partial charge in [0.1, 0.15) is 5.82 Å². The predicted molar refractivity (Wildman–Crippen MR) is 122 cm³/mol. The molecule has 0 saturated carbocycles. The van der Waals surface area contributed by atoms with Crippen LogP contribution in [-0.4, -0.2) is 25.4 Å². The number of nitrogens with zero attached hydrogens (tertiary/aromatic N) is 3. The maximum atomic E-state index is 13.0. The summed E-state index contributed by atoms with van der Waals surface area (Å²) in [5, 5.41) is 14.1. The molecular formula is C25H31N3O3. The summed E-state index contributed by atoms with van der Waals surface area (Å²) in [6.07, 6.45) is 3.74. The van der Waals surface area contributed by atoms with Crippen LogP contribution in [0.2, 0.25) is 0 Å². The van der Waals surface area contributed by atoms with E-state index in [1.807, 2.05) is 36.4 Å². The number of rotatable bonds is 10. The van der Waals surface area contributed by atoms with Gasteiger partial charge in [0.05, 0.1) is 12.1 Å². The molecule has 0 amide bonds. The first-order valence-electron chi connectivity index (χ1n) is 11.0. The summed E-state index contributed by atoms with van der Waals surface area (Å²) in [7, 11) is 0. The quantitative estimate of drug-likeness (QED) is 0.508. The van der Waals surface area contributed by atoms with Gasteiger partial charge < -0.3 is 5.11 Å². The van der Waals surface area contributed by atoms with E-state index in [9.17, 15) is 14.7 Å². The smallest absolute Gasteiger partial charge is 0.346 e. The van der Waals surface area contributed by atoms with E-state index in [4.69, 9.17) is 0 Å². The molecule has 0 fully saturated rings. The van der Waals surface area contributed by atoms with Crippen molar-refractivity contribution in [2.45, 2.75) is 59.5 Å². The largest absolute Gasteiger partial charge is 0.478 e. The van der Waals surface area contributed by atoms with E-state index in [-0.39, 0.29) is 11.3 Å². The summed E-state index contributed by atoms with van der Waals surface area (Å²) in [5.74, 6) is 0.397. The average molecular weight is 422 g/mol. The standard InChI is InChI=1S/C25H31N3O3/c1-4-5-10-23-26-28(16-15-18(2)3)25(31)27(23)17-19-11-13-20(14-12-19)21-8-6-7-9-22(21)24(29)30/h6-9,11-14,18H,4-5,10,15-17H2,1-3H3,(H,29,30). The zero-order chi connectivity index (χ0) is 22.4. The molecule has 31 heavy (non-hydrogen) atoms. The van der Waals surface area contributed by atoms with Crippen LogP contribution in [0.25, 0.3) is 11.1 Å². The summed E-state index contributed by atoms with van der Waals surface area (Å²) in [6.45, 7) is 7.51. The number of benzene rings is 2. The highest BCUT2D eigenvalue weighted by Gasteiger charge is 2.15. The van der Waals surface area contributed by atoms with E-state index < -0.39 is 5.97 Å². The van der Waals surface area contributed by atoms with Crippen molar-refractivity contribution in [3.63, 3.8) is 0 Å². The van der Waals surface area contributed by atoms with Gasteiger partial charge in [0.2, 0.25) is 0 Å². The average Bonchev–Trinajstić information content (AvgIpc) is 3.06. The summed E-state index contributed by atoms with van der Waals surface area (Å²) >= 11 is 0. The van der Waals surface area contributed by atoms with E-state index in [1.165, 1.54) is 0 Å². The summed E-state index contributed by atoms with van der Waals surface area (Å²) in [6, 6.07) is 14.7. The van der Waals surface area contributed by atoms with Crippen LogP contribution in [0, 0.1) is 5.92 Å². The monoisotopic (exact) mass is 421 g/mol. The van der Waals surface area contributed by atoms with Gasteiger partial charge in [-0.05, 0) is 41.5 Å². The fraction of sp³-hybridized carbons (Fsp3) is 0.400. The number of unbranched alkanes of at least 4 members (excludes halogenated alkanes) is 1. The summed E-state index contributed by atoms with van der Waals surface area (Å²) in [5.41, 5.74) is 2.73. The Balaban J connectivity index is 1.87. The van der Waals surface area contributed by atoms with Crippen molar-refractivity contribution in [1.82, 2.24) is 14.3 Å². The van der Waals surface area contributed by atoms with Crippen molar-refractivity contribution < 1.29 is 9.90 Å². The summed E-state index contributed by atoms with van der Waals surface area (Å²) < 4.78 is 3.37. The Morgan fingerprint density at radius 1 is 1.10 bits per heavy atom. The van der Waals surface area contributed by atoms with E-state index >= 15 is 0 Å². The van der Waals surface area contributed by atoms with E-state index in [0.29, 0.717) is 24.6 Å². The SMILES string of the molecule is CCCCc1nn(CCC(C)C)c(=O)n1Cc1ccc(-c2ccccc2C(=O)O)cc1. The fourth-order valence-corrected chi connectivity index (χ4v) is 3.58. The van der Waals surface area contributed by atoms with Gasteiger partial charge in [-0.1, -0.05) is 69.7 Å². The Morgan fingerprint density at radius 2 is 1.81 bits per heavy atom. The van der Waals surface area contributed by atoms with Gasteiger partial charge in [-0.25, -0.2) is 14.3 Å².